The molecule has 0 aromatic heterocycles. The highest BCUT2D eigenvalue weighted by Gasteiger charge is 2.22. The maximum Gasteiger partial charge on any atom is 0.0878 e. The third kappa shape index (κ3) is 2.67. The van der Waals surface area contributed by atoms with Crippen LogP contribution in [0.25, 0.3) is 10.8 Å². The predicted molar refractivity (Wildman–Crippen MR) is 73.2 cm³/mol. The van der Waals surface area contributed by atoms with Crippen LogP contribution in [0.4, 0.5) is 0 Å². The van der Waals surface area contributed by atoms with Gasteiger partial charge in [0, 0.05) is 0 Å². The zero-order valence-corrected chi connectivity index (χ0v) is 11.0. The summed E-state index contributed by atoms with van der Waals surface area (Å²) < 4.78 is 5.97. The van der Waals surface area contributed by atoms with Gasteiger partial charge in [-0.1, -0.05) is 36.4 Å². The van der Waals surface area contributed by atoms with E-state index in [2.05, 4.69) is 70.2 Å². The monoisotopic (exact) mass is 228 g/mol. The molecule has 1 nitrogen and oxygen atoms in total. The van der Waals surface area contributed by atoms with E-state index in [-0.39, 0.29) is 11.7 Å². The number of rotatable bonds is 3. The Balaban J connectivity index is 2.42. The van der Waals surface area contributed by atoms with Crippen molar-refractivity contribution in [3.05, 3.63) is 48.0 Å². The highest BCUT2D eigenvalue weighted by atomic mass is 16.5. The lowest BCUT2D eigenvalue weighted by atomic mass is 9.95. The van der Waals surface area contributed by atoms with Crippen LogP contribution in [-0.4, -0.2) is 6.10 Å². The molecule has 90 valence electrons. The second-order valence-corrected chi connectivity index (χ2v) is 5.24. The Kier molecular flexibility index (Phi) is 3.21. The predicted octanol–water partition coefficient (Wildman–Crippen LogP) is 4.50. The van der Waals surface area contributed by atoms with Crippen molar-refractivity contribution in [3.8, 4) is 0 Å². The van der Waals surface area contributed by atoms with Crippen LogP contribution in [0.5, 0.6) is 0 Å². The third-order valence-corrected chi connectivity index (χ3v) is 2.97. The molecule has 1 heteroatoms. The van der Waals surface area contributed by atoms with Crippen LogP contribution in [0.3, 0.4) is 0 Å². The first-order chi connectivity index (χ1) is 7.99. The minimum atomic E-state index is -0.238. The van der Waals surface area contributed by atoms with Gasteiger partial charge in [0.15, 0.2) is 0 Å². The standard InChI is InChI=1S/C16H20O/c1-12(2)17-16(3,4)15-10-9-13-7-5-6-8-14(13)11-15/h5-12H,1-4H3. The van der Waals surface area contributed by atoms with Gasteiger partial charge in [0.1, 0.15) is 0 Å². The smallest absolute Gasteiger partial charge is 0.0878 e. The second-order valence-electron chi connectivity index (χ2n) is 5.24. The summed E-state index contributed by atoms with van der Waals surface area (Å²) in [5.41, 5.74) is 0.989. The Bertz CT molecular complexity index is 512. The summed E-state index contributed by atoms with van der Waals surface area (Å²) >= 11 is 0. The van der Waals surface area contributed by atoms with Crippen molar-refractivity contribution >= 4 is 10.8 Å². The van der Waals surface area contributed by atoms with Gasteiger partial charge in [-0.2, -0.15) is 0 Å². The molecule has 2 aromatic rings. The van der Waals surface area contributed by atoms with Gasteiger partial charge in [0.25, 0.3) is 0 Å². The van der Waals surface area contributed by atoms with Gasteiger partial charge in [-0.15, -0.1) is 0 Å². The Hall–Kier alpha value is -1.34. The molecule has 0 radical (unpaired) electrons. The molecule has 0 heterocycles. The van der Waals surface area contributed by atoms with Gasteiger partial charge in [-0.25, -0.2) is 0 Å². The van der Waals surface area contributed by atoms with E-state index in [9.17, 15) is 0 Å². The van der Waals surface area contributed by atoms with E-state index in [1.165, 1.54) is 16.3 Å². The highest BCUT2D eigenvalue weighted by molar-refractivity contribution is 5.83. The Labute approximate surface area is 103 Å². The Morgan fingerprint density at radius 2 is 1.59 bits per heavy atom. The summed E-state index contributed by atoms with van der Waals surface area (Å²) in [6.45, 7) is 8.39. The topological polar surface area (TPSA) is 9.23 Å². The molecule has 2 aromatic carbocycles. The number of benzene rings is 2. The maximum atomic E-state index is 5.97. The minimum absolute atomic E-state index is 0.233. The summed E-state index contributed by atoms with van der Waals surface area (Å²) in [4.78, 5) is 0. The van der Waals surface area contributed by atoms with E-state index in [4.69, 9.17) is 4.74 Å². The normalized spacial score (nSPS) is 12.3. The molecular formula is C16H20O. The van der Waals surface area contributed by atoms with Crippen LogP contribution < -0.4 is 0 Å². The third-order valence-electron chi connectivity index (χ3n) is 2.97. The summed E-state index contributed by atoms with van der Waals surface area (Å²) in [6, 6.07) is 15.0. The molecule has 0 saturated carbocycles. The van der Waals surface area contributed by atoms with Gasteiger partial charge in [0.05, 0.1) is 11.7 Å². The van der Waals surface area contributed by atoms with E-state index >= 15 is 0 Å². The van der Waals surface area contributed by atoms with Crippen molar-refractivity contribution in [2.45, 2.75) is 39.4 Å². The second kappa shape index (κ2) is 4.50. The van der Waals surface area contributed by atoms with E-state index in [1.807, 2.05) is 0 Å². The largest absolute Gasteiger partial charge is 0.368 e. The van der Waals surface area contributed by atoms with Crippen LogP contribution in [0.2, 0.25) is 0 Å². The molecule has 0 fully saturated rings. The zero-order valence-electron chi connectivity index (χ0n) is 11.0. The lowest BCUT2D eigenvalue weighted by molar-refractivity contribution is -0.0599. The van der Waals surface area contributed by atoms with Gasteiger partial charge in [0.2, 0.25) is 0 Å². The summed E-state index contributed by atoms with van der Waals surface area (Å²) in [7, 11) is 0. The van der Waals surface area contributed by atoms with E-state index < -0.39 is 0 Å². The molecular weight excluding hydrogens is 208 g/mol. The summed E-state index contributed by atoms with van der Waals surface area (Å²) in [5, 5.41) is 2.54. The van der Waals surface area contributed by atoms with Crippen LogP contribution in [-0.2, 0) is 10.3 Å². The van der Waals surface area contributed by atoms with Crippen molar-refractivity contribution in [3.63, 3.8) is 0 Å². The van der Waals surface area contributed by atoms with E-state index in [1.54, 1.807) is 0 Å². The van der Waals surface area contributed by atoms with Crippen LogP contribution >= 0.6 is 0 Å². The average Bonchev–Trinajstić information content (AvgIpc) is 2.26. The van der Waals surface area contributed by atoms with Gasteiger partial charge in [-0.05, 0) is 50.1 Å². The fourth-order valence-electron chi connectivity index (χ4n) is 2.22. The fourth-order valence-corrected chi connectivity index (χ4v) is 2.22. The lowest BCUT2D eigenvalue weighted by Gasteiger charge is -2.28. The van der Waals surface area contributed by atoms with Crippen LogP contribution in [0.15, 0.2) is 42.5 Å². The van der Waals surface area contributed by atoms with E-state index in [0.717, 1.165) is 0 Å². The van der Waals surface area contributed by atoms with Crippen LogP contribution in [0.1, 0.15) is 33.3 Å². The molecule has 0 atom stereocenters. The van der Waals surface area contributed by atoms with Gasteiger partial charge in [-0.3, -0.25) is 0 Å². The highest BCUT2D eigenvalue weighted by Crippen LogP contribution is 2.28. The van der Waals surface area contributed by atoms with Crippen molar-refractivity contribution in [2.24, 2.45) is 0 Å². The number of fused-ring (bicyclic) bond motifs is 1. The summed E-state index contributed by atoms with van der Waals surface area (Å²) in [5.74, 6) is 0. The van der Waals surface area contributed by atoms with Crippen LogP contribution in [0, 0.1) is 0 Å². The van der Waals surface area contributed by atoms with Crippen molar-refractivity contribution in [1.82, 2.24) is 0 Å². The molecule has 0 aliphatic carbocycles. The SMILES string of the molecule is CC(C)OC(C)(C)c1ccc2ccccc2c1. The number of hydrogen-bond donors (Lipinski definition) is 0. The van der Waals surface area contributed by atoms with E-state index in [0.29, 0.717) is 0 Å². The number of hydrogen-bond acceptors (Lipinski definition) is 1. The quantitative estimate of drug-likeness (QED) is 0.751. The fraction of sp³-hybridized carbons (Fsp3) is 0.375. The minimum Gasteiger partial charge on any atom is -0.368 e. The molecule has 0 bridgehead atoms. The first-order valence-corrected chi connectivity index (χ1v) is 6.16. The van der Waals surface area contributed by atoms with Crippen molar-refractivity contribution in [1.29, 1.82) is 0 Å². The average molecular weight is 228 g/mol. The molecule has 0 N–H and O–H groups in total. The molecule has 0 saturated heterocycles. The molecule has 0 aliphatic heterocycles. The first-order valence-electron chi connectivity index (χ1n) is 6.16. The molecule has 0 amide bonds. The molecule has 2 rings (SSSR count). The zero-order chi connectivity index (χ0) is 12.5. The Morgan fingerprint density at radius 1 is 0.941 bits per heavy atom. The molecule has 0 unspecified atom stereocenters. The first kappa shape index (κ1) is 12.1. The van der Waals surface area contributed by atoms with Gasteiger partial charge < -0.3 is 4.74 Å². The molecule has 0 spiro atoms. The maximum absolute atomic E-state index is 5.97. The molecule has 17 heavy (non-hydrogen) atoms. The lowest BCUT2D eigenvalue weighted by Crippen LogP contribution is -2.25. The molecule has 0 aliphatic rings. The Morgan fingerprint density at radius 3 is 2.24 bits per heavy atom. The van der Waals surface area contributed by atoms with Crippen molar-refractivity contribution in [2.75, 3.05) is 0 Å². The van der Waals surface area contributed by atoms with Crippen molar-refractivity contribution < 1.29 is 4.74 Å². The number of ether oxygens (including phenoxy) is 1. The van der Waals surface area contributed by atoms with Gasteiger partial charge >= 0.3 is 0 Å². The summed E-state index contributed by atoms with van der Waals surface area (Å²) in [6.07, 6.45) is 0.233.